The summed E-state index contributed by atoms with van der Waals surface area (Å²) in [6, 6.07) is 7.23. The van der Waals surface area contributed by atoms with Gasteiger partial charge in [-0.1, -0.05) is 12.1 Å². The maximum absolute atomic E-state index is 13.1. The Morgan fingerprint density at radius 1 is 1.24 bits per heavy atom. The second-order valence-electron chi connectivity index (χ2n) is 9.93. The first kappa shape index (κ1) is 23.9. The molecule has 1 unspecified atom stereocenters. The fourth-order valence-electron chi connectivity index (χ4n) is 5.90. The summed E-state index contributed by atoms with van der Waals surface area (Å²) in [5.74, 6) is 1.44. The molecule has 1 saturated heterocycles. The van der Waals surface area contributed by atoms with Gasteiger partial charge in [-0.05, 0) is 17.7 Å². The Balaban J connectivity index is 1.37. The highest BCUT2D eigenvalue weighted by Crippen LogP contribution is 2.54. The van der Waals surface area contributed by atoms with Gasteiger partial charge in [0.05, 0.1) is 37.4 Å². The van der Waals surface area contributed by atoms with Crippen molar-refractivity contribution in [2.24, 2.45) is 4.99 Å². The number of methoxy groups -OCH3 is 1. The highest BCUT2D eigenvalue weighted by atomic mass is 16.7. The zero-order valence-corrected chi connectivity index (χ0v) is 21.4. The largest absolute Gasteiger partial charge is 0.496 e. The van der Waals surface area contributed by atoms with E-state index in [4.69, 9.17) is 23.9 Å². The number of hydrogen-bond acceptors (Lipinski definition) is 11. The number of rotatable bonds is 4. The summed E-state index contributed by atoms with van der Waals surface area (Å²) in [5.41, 5.74) is 2.65. The number of nitrogens with one attached hydrogen (secondary N) is 2. The van der Waals surface area contributed by atoms with Crippen molar-refractivity contribution in [2.75, 3.05) is 20.5 Å². The maximum atomic E-state index is 13.1. The van der Waals surface area contributed by atoms with Gasteiger partial charge in [0.2, 0.25) is 12.7 Å². The Morgan fingerprint density at radius 3 is 2.93 bits per heavy atom. The Kier molecular flexibility index (Phi) is 4.98. The monoisotopic (exact) mass is 558 g/mol. The number of imidazole rings is 1. The molecule has 3 aromatic heterocycles. The summed E-state index contributed by atoms with van der Waals surface area (Å²) in [6.45, 7) is -0.299. The Morgan fingerprint density at radius 2 is 2.12 bits per heavy atom. The predicted octanol–water partition coefficient (Wildman–Crippen LogP) is 1.83. The van der Waals surface area contributed by atoms with E-state index in [9.17, 15) is 20.1 Å². The highest BCUT2D eigenvalue weighted by Gasteiger charge is 2.37. The van der Waals surface area contributed by atoms with Crippen LogP contribution in [0.5, 0.6) is 23.1 Å². The fraction of sp³-hybridized carbons (Fsp3) is 0.259. The first-order chi connectivity index (χ1) is 20.0. The van der Waals surface area contributed by atoms with Crippen LogP contribution in [0.1, 0.15) is 23.9 Å². The molecule has 5 heterocycles. The molecule has 2 aliphatic heterocycles. The van der Waals surface area contributed by atoms with Gasteiger partial charge >= 0.3 is 0 Å². The van der Waals surface area contributed by atoms with E-state index in [0.29, 0.717) is 45.0 Å². The van der Waals surface area contributed by atoms with Gasteiger partial charge < -0.3 is 39.3 Å². The van der Waals surface area contributed by atoms with Crippen LogP contribution in [0, 0.1) is 0 Å². The van der Waals surface area contributed by atoms with Gasteiger partial charge in [-0.25, -0.2) is 9.98 Å². The van der Waals surface area contributed by atoms with E-state index in [0.717, 1.165) is 11.1 Å². The molecule has 3 atom stereocenters. The number of aliphatic hydroxyl groups is 2. The van der Waals surface area contributed by atoms with Crippen molar-refractivity contribution in [1.29, 1.82) is 0 Å². The van der Waals surface area contributed by atoms with Crippen molar-refractivity contribution < 1.29 is 34.3 Å². The van der Waals surface area contributed by atoms with E-state index < -0.39 is 24.0 Å². The van der Waals surface area contributed by atoms with Crippen LogP contribution in [0.25, 0.3) is 33.1 Å². The van der Waals surface area contributed by atoms with Gasteiger partial charge in [0.15, 0.2) is 28.5 Å². The van der Waals surface area contributed by atoms with Crippen LogP contribution in [-0.2, 0) is 4.74 Å². The highest BCUT2D eigenvalue weighted by molar-refractivity contribution is 6.30. The van der Waals surface area contributed by atoms with E-state index in [1.807, 2.05) is 12.1 Å². The summed E-state index contributed by atoms with van der Waals surface area (Å²) in [6.07, 6.45) is -0.732. The molecule has 14 nitrogen and oxygen atoms in total. The van der Waals surface area contributed by atoms with Crippen LogP contribution in [0.15, 0.2) is 40.4 Å². The van der Waals surface area contributed by atoms with Crippen LogP contribution in [0.4, 0.5) is 5.95 Å². The lowest BCUT2D eigenvalue weighted by molar-refractivity contribution is -0.0432. The quantitative estimate of drug-likeness (QED) is 0.213. The summed E-state index contributed by atoms with van der Waals surface area (Å²) < 4.78 is 24.5. The van der Waals surface area contributed by atoms with Gasteiger partial charge in [0.25, 0.3) is 5.56 Å². The number of fused-ring (bicyclic) bond motifs is 5. The molecular weight excluding hydrogens is 536 g/mol. The molecule has 0 spiro atoms. The van der Waals surface area contributed by atoms with Crippen molar-refractivity contribution in [3.05, 3.63) is 52.2 Å². The predicted molar refractivity (Wildman–Crippen MR) is 143 cm³/mol. The number of aromatic hydroxyl groups is 1. The molecule has 8 rings (SSSR count). The smallest absolute Gasteiger partial charge is 0.280 e. The lowest BCUT2D eigenvalue weighted by atomic mass is 9.85. The molecule has 208 valence electrons. The molecule has 5 N–H and O–H groups in total. The van der Waals surface area contributed by atoms with Crippen LogP contribution in [-0.4, -0.2) is 78.3 Å². The molecule has 0 radical (unpaired) electrons. The fourth-order valence-corrected chi connectivity index (χ4v) is 5.90. The summed E-state index contributed by atoms with van der Waals surface area (Å²) in [5, 5.41) is 31.8. The van der Waals surface area contributed by atoms with Crippen LogP contribution in [0.2, 0.25) is 0 Å². The van der Waals surface area contributed by atoms with Crippen molar-refractivity contribution >= 4 is 33.6 Å². The Bertz CT molecular complexity index is 1990. The van der Waals surface area contributed by atoms with Gasteiger partial charge in [0.1, 0.15) is 23.8 Å². The molecule has 0 bridgehead atoms. The molecule has 2 aromatic carbocycles. The first-order valence-corrected chi connectivity index (χ1v) is 12.8. The van der Waals surface area contributed by atoms with Crippen LogP contribution in [0.3, 0.4) is 0 Å². The number of aliphatic imine (C=N–C) groups is 1. The topological polar surface area (TPSA) is 189 Å². The van der Waals surface area contributed by atoms with Crippen molar-refractivity contribution in [1.82, 2.24) is 24.5 Å². The summed E-state index contributed by atoms with van der Waals surface area (Å²) in [4.78, 5) is 32.3. The first-order valence-electron chi connectivity index (χ1n) is 12.8. The van der Waals surface area contributed by atoms with Gasteiger partial charge in [-0.15, -0.1) is 0 Å². The summed E-state index contributed by atoms with van der Waals surface area (Å²) >= 11 is 0. The third kappa shape index (κ3) is 3.29. The minimum absolute atomic E-state index is 0.0280. The third-order valence-electron chi connectivity index (χ3n) is 7.73. The average Bonchev–Trinajstić information content (AvgIpc) is 3.76. The van der Waals surface area contributed by atoms with Crippen LogP contribution >= 0.6 is 0 Å². The van der Waals surface area contributed by atoms with E-state index in [2.05, 4.69) is 19.9 Å². The van der Waals surface area contributed by atoms with E-state index >= 15 is 0 Å². The zero-order valence-electron chi connectivity index (χ0n) is 21.4. The number of H-pyrrole nitrogens is 2. The lowest BCUT2D eigenvalue weighted by Crippen LogP contribution is -2.24. The number of aromatic nitrogens is 5. The van der Waals surface area contributed by atoms with Crippen molar-refractivity contribution in [2.45, 2.75) is 24.9 Å². The number of ether oxygens (including phenoxy) is 4. The minimum Gasteiger partial charge on any atom is -0.496 e. The number of aliphatic hydroxyl groups excluding tert-OH is 2. The lowest BCUT2D eigenvalue weighted by Gasteiger charge is -2.22. The normalized spacial score (nSPS) is 21.7. The molecule has 1 fully saturated rings. The number of nitrogens with zero attached hydrogens (tertiary/aromatic N) is 4. The second kappa shape index (κ2) is 8.54. The summed E-state index contributed by atoms with van der Waals surface area (Å²) in [7, 11) is 1.54. The molecule has 0 amide bonds. The zero-order chi connectivity index (χ0) is 28.0. The minimum atomic E-state index is -0.880. The van der Waals surface area contributed by atoms with E-state index in [-0.39, 0.29) is 42.8 Å². The van der Waals surface area contributed by atoms with E-state index in [1.165, 1.54) is 10.9 Å². The molecule has 5 aromatic rings. The third-order valence-corrected chi connectivity index (χ3v) is 7.73. The molecule has 1 aliphatic carbocycles. The van der Waals surface area contributed by atoms with Crippen LogP contribution < -0.4 is 19.8 Å². The Hall–Kier alpha value is -4.92. The SMILES string of the molecule is COc1cccc2c1/C(=N/c1nc3c(ncn3C3C[C@H](O)[C@@H](CO)O3)c(=O)[nH]1)c1[nH]c(O)c3cc4c(c-2c13)OCO4. The molecule has 3 aliphatic rings. The number of benzene rings is 2. The number of aromatic amines is 2. The number of hydrogen-bond donors (Lipinski definition) is 5. The average molecular weight is 559 g/mol. The van der Waals surface area contributed by atoms with Crippen molar-refractivity contribution in [3.8, 4) is 34.3 Å². The van der Waals surface area contributed by atoms with Crippen molar-refractivity contribution in [3.63, 3.8) is 0 Å². The van der Waals surface area contributed by atoms with Gasteiger partial charge in [0, 0.05) is 22.8 Å². The van der Waals surface area contributed by atoms with Gasteiger partial charge in [-0.2, -0.15) is 4.98 Å². The molecule has 0 saturated carbocycles. The molecular formula is C27H22N6O8. The van der Waals surface area contributed by atoms with E-state index in [1.54, 1.807) is 19.2 Å². The Labute approximate surface area is 229 Å². The molecule has 14 heteroatoms. The molecule has 41 heavy (non-hydrogen) atoms. The maximum Gasteiger partial charge on any atom is 0.280 e. The standard InChI is InChI=1S/C27H22N6O8/c1-38-13-4-2-3-10-17(13)20(21-18-11(25(36)29-21)5-14-23(19(10)18)40-9-39-14)30-27-31-24-22(26(37)32-27)28-8-33(24)16-6-12(35)15(7-34)41-16/h2-5,8,12,15-16,29,34-36H,6-7,9H2,1H3,(H,31,32,37)/b30-20-/t12-,15+,16?/m0/s1. The van der Waals surface area contributed by atoms with Gasteiger partial charge in [-0.3, -0.25) is 14.3 Å². The second-order valence-corrected chi connectivity index (χ2v) is 9.93.